The lowest BCUT2D eigenvalue weighted by Crippen LogP contribution is -2.15. The smallest absolute Gasteiger partial charge is 0.199 e. The maximum Gasteiger partial charge on any atom is 0.199 e. The quantitative estimate of drug-likeness (QED) is 0.655. The molecule has 1 N–H and O–H groups in total. The number of hydrogen-bond donors (Lipinski definition) is 1. The van der Waals surface area contributed by atoms with Gasteiger partial charge in [0.25, 0.3) is 0 Å². The molecule has 0 saturated heterocycles. The molecule has 3 nitrogen and oxygen atoms in total. The molecule has 12 heavy (non-hydrogen) atoms. The summed E-state index contributed by atoms with van der Waals surface area (Å²) < 4.78 is 10.8. The number of carbonyl (C=O) groups excluding carboxylic acids is 1. The van der Waals surface area contributed by atoms with Crippen molar-refractivity contribution in [3.8, 4) is 0 Å². The number of ketones is 1. The standard InChI is InChI=1S/C8H17O3P/c1-3-5-6-8(12(10)11)7(9)4-2/h8,12H,3-6H2,1-2H3,(H,10,11). The van der Waals surface area contributed by atoms with E-state index in [0.717, 1.165) is 12.8 Å². The summed E-state index contributed by atoms with van der Waals surface area (Å²) in [6.07, 6.45) is 2.75. The number of Topliss-reactive ketones (excluding diaryl/α,β-unsaturated/α-hetero) is 1. The van der Waals surface area contributed by atoms with E-state index in [1.165, 1.54) is 0 Å². The maximum atomic E-state index is 11.1. The summed E-state index contributed by atoms with van der Waals surface area (Å²) in [5.74, 6) is -0.0742. The van der Waals surface area contributed by atoms with E-state index in [4.69, 9.17) is 4.89 Å². The lowest BCUT2D eigenvalue weighted by Gasteiger charge is -2.09. The molecule has 0 aliphatic carbocycles. The van der Waals surface area contributed by atoms with Crippen molar-refractivity contribution in [1.82, 2.24) is 0 Å². The molecule has 2 atom stereocenters. The molecule has 2 unspecified atom stereocenters. The molecular weight excluding hydrogens is 175 g/mol. The summed E-state index contributed by atoms with van der Waals surface area (Å²) >= 11 is 0. The zero-order valence-corrected chi connectivity index (χ0v) is 8.67. The average molecular weight is 192 g/mol. The molecule has 0 heterocycles. The van der Waals surface area contributed by atoms with Crippen molar-refractivity contribution in [3.63, 3.8) is 0 Å². The maximum absolute atomic E-state index is 11.1. The Labute approximate surface area is 74.0 Å². The highest BCUT2D eigenvalue weighted by Crippen LogP contribution is 2.28. The first-order valence-electron chi connectivity index (χ1n) is 4.39. The summed E-state index contributed by atoms with van der Waals surface area (Å²) in [5.41, 5.74) is -0.583. The van der Waals surface area contributed by atoms with Crippen LogP contribution >= 0.6 is 8.03 Å². The van der Waals surface area contributed by atoms with Gasteiger partial charge < -0.3 is 4.89 Å². The summed E-state index contributed by atoms with van der Waals surface area (Å²) in [6.45, 7) is 3.73. The zero-order chi connectivity index (χ0) is 9.56. The van der Waals surface area contributed by atoms with E-state index in [1.807, 2.05) is 6.92 Å². The van der Waals surface area contributed by atoms with Crippen LogP contribution in [0.3, 0.4) is 0 Å². The number of rotatable bonds is 6. The monoisotopic (exact) mass is 192 g/mol. The first-order chi connectivity index (χ1) is 5.63. The number of unbranched alkanes of at least 4 members (excludes halogenated alkanes) is 1. The van der Waals surface area contributed by atoms with Crippen LogP contribution in [0.2, 0.25) is 0 Å². The lowest BCUT2D eigenvalue weighted by molar-refractivity contribution is -0.118. The SMILES string of the molecule is CCCCC(C(=O)CC)[PH](=O)O. The highest BCUT2D eigenvalue weighted by molar-refractivity contribution is 7.40. The number of hydrogen-bond acceptors (Lipinski definition) is 2. The van der Waals surface area contributed by atoms with Crippen LogP contribution in [0.25, 0.3) is 0 Å². The van der Waals surface area contributed by atoms with E-state index < -0.39 is 13.7 Å². The largest absolute Gasteiger partial charge is 0.346 e. The summed E-state index contributed by atoms with van der Waals surface area (Å²) in [7, 11) is -2.66. The normalized spacial score (nSPS) is 15.6. The molecule has 0 amide bonds. The fourth-order valence-electron chi connectivity index (χ4n) is 1.08. The molecule has 0 rings (SSSR count). The van der Waals surface area contributed by atoms with E-state index in [1.54, 1.807) is 6.92 Å². The van der Waals surface area contributed by atoms with Gasteiger partial charge in [-0.25, -0.2) is 0 Å². The van der Waals surface area contributed by atoms with Gasteiger partial charge in [0.05, 0.1) is 5.66 Å². The molecule has 0 aliphatic heterocycles. The molecule has 0 fully saturated rings. The molecular formula is C8H17O3P. The van der Waals surface area contributed by atoms with E-state index in [-0.39, 0.29) is 5.78 Å². The lowest BCUT2D eigenvalue weighted by atomic mass is 10.1. The van der Waals surface area contributed by atoms with Crippen molar-refractivity contribution in [2.75, 3.05) is 0 Å². The first kappa shape index (κ1) is 11.9. The molecule has 0 aromatic carbocycles. The Kier molecular flexibility index (Phi) is 6.31. The average Bonchev–Trinajstić information content (AvgIpc) is 2.04. The molecule has 4 heteroatoms. The summed E-state index contributed by atoms with van der Waals surface area (Å²) in [5, 5.41) is 0. The van der Waals surface area contributed by atoms with Gasteiger partial charge in [0.15, 0.2) is 8.03 Å². The van der Waals surface area contributed by atoms with Gasteiger partial charge in [-0.3, -0.25) is 9.36 Å². The van der Waals surface area contributed by atoms with E-state index in [2.05, 4.69) is 0 Å². The van der Waals surface area contributed by atoms with Gasteiger partial charge in [0, 0.05) is 6.42 Å². The van der Waals surface area contributed by atoms with Gasteiger partial charge >= 0.3 is 0 Å². The van der Waals surface area contributed by atoms with Crippen LogP contribution < -0.4 is 0 Å². The van der Waals surface area contributed by atoms with Gasteiger partial charge in [-0.05, 0) is 6.42 Å². The van der Waals surface area contributed by atoms with Crippen molar-refractivity contribution in [3.05, 3.63) is 0 Å². The topological polar surface area (TPSA) is 54.4 Å². The molecule has 0 bridgehead atoms. The summed E-state index contributed by atoms with van der Waals surface area (Å²) in [6, 6.07) is 0. The molecule has 0 aromatic rings. The third kappa shape index (κ3) is 4.03. The Morgan fingerprint density at radius 1 is 1.50 bits per heavy atom. The molecule has 0 aromatic heterocycles. The fourth-order valence-corrected chi connectivity index (χ4v) is 2.01. The van der Waals surface area contributed by atoms with E-state index >= 15 is 0 Å². The molecule has 0 spiro atoms. The Hall–Kier alpha value is -0.140. The van der Waals surface area contributed by atoms with Crippen molar-refractivity contribution >= 4 is 13.8 Å². The van der Waals surface area contributed by atoms with Gasteiger partial charge in [-0.1, -0.05) is 26.7 Å². The molecule has 0 saturated carbocycles. The van der Waals surface area contributed by atoms with Crippen LogP contribution in [0, 0.1) is 0 Å². The van der Waals surface area contributed by atoms with Crippen LogP contribution in [0.4, 0.5) is 0 Å². The fraction of sp³-hybridized carbons (Fsp3) is 0.875. The van der Waals surface area contributed by atoms with Crippen LogP contribution in [-0.4, -0.2) is 16.3 Å². The summed E-state index contributed by atoms with van der Waals surface area (Å²) in [4.78, 5) is 20.0. The highest BCUT2D eigenvalue weighted by atomic mass is 31.1. The zero-order valence-electron chi connectivity index (χ0n) is 7.67. The van der Waals surface area contributed by atoms with E-state index in [0.29, 0.717) is 12.8 Å². The Balaban J connectivity index is 4.04. The van der Waals surface area contributed by atoms with Crippen molar-refractivity contribution in [1.29, 1.82) is 0 Å². The van der Waals surface area contributed by atoms with Gasteiger partial charge in [-0.2, -0.15) is 0 Å². The minimum Gasteiger partial charge on any atom is -0.346 e. The van der Waals surface area contributed by atoms with Crippen LogP contribution in [0.1, 0.15) is 39.5 Å². The van der Waals surface area contributed by atoms with Gasteiger partial charge in [-0.15, -0.1) is 0 Å². The minimum atomic E-state index is -2.66. The van der Waals surface area contributed by atoms with Crippen molar-refractivity contribution in [2.24, 2.45) is 0 Å². The predicted molar refractivity (Wildman–Crippen MR) is 49.8 cm³/mol. The van der Waals surface area contributed by atoms with Crippen LogP contribution in [-0.2, 0) is 9.36 Å². The van der Waals surface area contributed by atoms with Crippen LogP contribution in [0.15, 0.2) is 0 Å². The predicted octanol–water partition coefficient (Wildman–Crippen LogP) is 1.99. The Morgan fingerprint density at radius 2 is 2.08 bits per heavy atom. The second-order valence-corrected chi connectivity index (χ2v) is 4.23. The Morgan fingerprint density at radius 3 is 2.42 bits per heavy atom. The molecule has 72 valence electrons. The van der Waals surface area contributed by atoms with Gasteiger partial charge in [0.2, 0.25) is 0 Å². The van der Waals surface area contributed by atoms with Crippen molar-refractivity contribution in [2.45, 2.75) is 45.2 Å². The second kappa shape index (κ2) is 6.38. The second-order valence-electron chi connectivity index (χ2n) is 2.85. The molecule has 0 aliphatic rings. The van der Waals surface area contributed by atoms with Crippen LogP contribution in [0.5, 0.6) is 0 Å². The Bertz CT molecular complexity index is 168. The minimum absolute atomic E-state index is 0.0742. The third-order valence-corrected chi connectivity index (χ3v) is 3.09. The highest BCUT2D eigenvalue weighted by Gasteiger charge is 2.20. The molecule has 0 radical (unpaired) electrons. The third-order valence-electron chi connectivity index (χ3n) is 1.88. The van der Waals surface area contributed by atoms with Gasteiger partial charge in [0.1, 0.15) is 5.78 Å². The van der Waals surface area contributed by atoms with Crippen molar-refractivity contribution < 1.29 is 14.3 Å². The van der Waals surface area contributed by atoms with E-state index in [9.17, 15) is 9.36 Å². The number of carbonyl (C=O) groups is 1. The first-order valence-corrected chi connectivity index (χ1v) is 5.82.